The molecule has 1 aromatic carbocycles. The number of ether oxygens (including phenoxy) is 1. The van der Waals surface area contributed by atoms with Crippen molar-refractivity contribution in [2.24, 2.45) is 10.9 Å². The fourth-order valence-corrected chi connectivity index (χ4v) is 4.49. The van der Waals surface area contributed by atoms with Gasteiger partial charge in [-0.1, -0.05) is 25.6 Å². The van der Waals surface area contributed by atoms with Crippen molar-refractivity contribution >= 4 is 28.3 Å². The van der Waals surface area contributed by atoms with E-state index in [-0.39, 0.29) is 28.4 Å². The van der Waals surface area contributed by atoms with Crippen molar-refractivity contribution < 1.29 is 9.66 Å². The van der Waals surface area contributed by atoms with Gasteiger partial charge in [-0.25, -0.2) is 4.99 Å². The van der Waals surface area contributed by atoms with E-state index in [4.69, 9.17) is 9.73 Å². The van der Waals surface area contributed by atoms with Crippen LogP contribution in [0.1, 0.15) is 47.1 Å². The number of amidine groups is 1. The largest absolute Gasteiger partial charge is 0.371 e. The summed E-state index contributed by atoms with van der Waals surface area (Å²) in [5.74, 6) is 1.42. The molecule has 2 atom stereocenters. The molecule has 0 bridgehead atoms. The predicted molar refractivity (Wildman–Crippen MR) is 113 cm³/mol. The standard InChI is InChI=1S/C20H31N3O3S/c1-13(2)11-22-18(15(4)26-20(5,6)7)12-27-19(22)21-17-9-8-16(23(24)25)10-14(17)3/h8-10,13,15,18H,11-12H2,1-7H3/b21-19-/t15-,18-/m0/s1. The van der Waals surface area contributed by atoms with Crippen molar-refractivity contribution in [3.8, 4) is 0 Å². The molecule has 1 aliphatic heterocycles. The Bertz CT molecular complexity index is 713. The highest BCUT2D eigenvalue weighted by Gasteiger charge is 2.36. The van der Waals surface area contributed by atoms with Gasteiger partial charge in [-0.3, -0.25) is 10.1 Å². The second kappa shape index (κ2) is 8.61. The minimum Gasteiger partial charge on any atom is -0.371 e. The van der Waals surface area contributed by atoms with Crippen LogP contribution in [0.4, 0.5) is 11.4 Å². The quantitative estimate of drug-likeness (QED) is 0.493. The number of benzene rings is 1. The van der Waals surface area contributed by atoms with Crippen molar-refractivity contribution in [3.63, 3.8) is 0 Å². The highest BCUT2D eigenvalue weighted by molar-refractivity contribution is 8.14. The predicted octanol–water partition coefficient (Wildman–Crippen LogP) is 5.17. The first-order valence-corrected chi connectivity index (χ1v) is 10.4. The Balaban J connectivity index is 2.29. The number of non-ortho nitro benzene ring substituents is 1. The van der Waals surface area contributed by atoms with Gasteiger partial charge >= 0.3 is 0 Å². The summed E-state index contributed by atoms with van der Waals surface area (Å²) in [7, 11) is 0. The Kier molecular flexibility index (Phi) is 6.92. The Hall–Kier alpha value is -1.60. The third-order valence-corrected chi connectivity index (χ3v) is 5.37. The lowest BCUT2D eigenvalue weighted by Crippen LogP contribution is -2.46. The summed E-state index contributed by atoms with van der Waals surface area (Å²) in [6.07, 6.45) is 0.0851. The molecule has 27 heavy (non-hydrogen) atoms. The average molecular weight is 394 g/mol. The van der Waals surface area contributed by atoms with Gasteiger partial charge in [0.25, 0.3) is 5.69 Å². The maximum Gasteiger partial charge on any atom is 0.269 e. The lowest BCUT2D eigenvalue weighted by molar-refractivity contribution is -0.384. The molecule has 150 valence electrons. The summed E-state index contributed by atoms with van der Waals surface area (Å²) in [6.45, 7) is 15.5. The Morgan fingerprint density at radius 1 is 1.37 bits per heavy atom. The van der Waals surface area contributed by atoms with Crippen LogP contribution < -0.4 is 0 Å². The summed E-state index contributed by atoms with van der Waals surface area (Å²) in [5.41, 5.74) is 1.49. The van der Waals surface area contributed by atoms with Crippen LogP contribution in [0.15, 0.2) is 23.2 Å². The normalized spacial score (nSPS) is 20.5. The third kappa shape index (κ3) is 5.94. The zero-order valence-electron chi connectivity index (χ0n) is 17.4. The highest BCUT2D eigenvalue weighted by atomic mass is 32.2. The molecule has 0 unspecified atom stereocenters. The van der Waals surface area contributed by atoms with Crippen LogP contribution in [0, 0.1) is 23.0 Å². The molecule has 0 N–H and O–H groups in total. The molecule has 0 aliphatic carbocycles. The number of nitrogens with zero attached hydrogens (tertiary/aromatic N) is 3. The molecule has 1 heterocycles. The molecule has 1 saturated heterocycles. The van der Waals surface area contributed by atoms with Crippen molar-refractivity contribution in [2.45, 2.75) is 66.2 Å². The zero-order chi connectivity index (χ0) is 20.4. The Morgan fingerprint density at radius 3 is 2.56 bits per heavy atom. The van der Waals surface area contributed by atoms with E-state index in [1.807, 2.05) is 6.92 Å². The molecule has 1 fully saturated rings. The maximum atomic E-state index is 11.0. The second-order valence-corrected chi connectivity index (χ2v) is 9.47. The minimum absolute atomic E-state index is 0.0851. The molecule has 0 saturated carbocycles. The van der Waals surface area contributed by atoms with Crippen LogP contribution in [0.5, 0.6) is 0 Å². The zero-order valence-corrected chi connectivity index (χ0v) is 18.2. The SMILES string of the molecule is Cc1cc([N+](=O)[O-])ccc1/N=C1\SC[C@@H]([C@H](C)OC(C)(C)C)N1CC(C)C. The molecule has 1 aromatic rings. The van der Waals surface area contributed by atoms with Crippen LogP contribution in [0.3, 0.4) is 0 Å². The molecule has 0 amide bonds. The summed E-state index contributed by atoms with van der Waals surface area (Å²) in [6, 6.07) is 5.08. The first-order valence-electron chi connectivity index (χ1n) is 9.39. The Labute approximate surface area is 166 Å². The fraction of sp³-hybridized carbons (Fsp3) is 0.650. The third-order valence-electron chi connectivity index (χ3n) is 4.28. The van der Waals surface area contributed by atoms with Crippen LogP contribution in [0.2, 0.25) is 0 Å². The average Bonchev–Trinajstić information content (AvgIpc) is 2.89. The van der Waals surface area contributed by atoms with Gasteiger partial charge in [-0.05, 0) is 52.2 Å². The molecule has 0 radical (unpaired) electrons. The van der Waals surface area contributed by atoms with E-state index in [0.29, 0.717) is 5.92 Å². The molecular formula is C20H31N3O3S. The number of nitro benzene ring substituents is 1. The maximum absolute atomic E-state index is 11.0. The number of aliphatic imine (C=N–C) groups is 1. The number of thioether (sulfide) groups is 1. The first-order chi connectivity index (χ1) is 12.5. The van der Waals surface area contributed by atoms with Crippen LogP contribution in [-0.4, -0.2) is 45.0 Å². The van der Waals surface area contributed by atoms with Crippen LogP contribution in [-0.2, 0) is 4.74 Å². The number of rotatable bonds is 6. The smallest absolute Gasteiger partial charge is 0.269 e. The number of hydrogen-bond donors (Lipinski definition) is 0. The Morgan fingerprint density at radius 2 is 2.04 bits per heavy atom. The van der Waals surface area contributed by atoms with Crippen molar-refractivity contribution in [2.75, 3.05) is 12.3 Å². The molecule has 6 nitrogen and oxygen atoms in total. The summed E-state index contributed by atoms with van der Waals surface area (Å²) in [5, 5.41) is 11.9. The fourth-order valence-electron chi connectivity index (χ4n) is 3.18. The van der Waals surface area contributed by atoms with Crippen molar-refractivity contribution in [3.05, 3.63) is 33.9 Å². The van der Waals surface area contributed by atoms with E-state index in [0.717, 1.165) is 28.7 Å². The second-order valence-electron chi connectivity index (χ2n) is 8.48. The van der Waals surface area contributed by atoms with E-state index in [1.54, 1.807) is 23.9 Å². The number of nitro groups is 1. The van der Waals surface area contributed by atoms with Gasteiger partial charge in [0.1, 0.15) is 0 Å². The lowest BCUT2D eigenvalue weighted by atomic mass is 10.1. The van der Waals surface area contributed by atoms with Crippen molar-refractivity contribution in [1.82, 2.24) is 4.90 Å². The topological polar surface area (TPSA) is 68.0 Å². The first kappa shape index (κ1) is 21.7. The summed E-state index contributed by atoms with van der Waals surface area (Å²) >= 11 is 1.73. The van der Waals surface area contributed by atoms with Gasteiger partial charge in [0.05, 0.1) is 28.4 Å². The lowest BCUT2D eigenvalue weighted by Gasteiger charge is -2.35. The summed E-state index contributed by atoms with van der Waals surface area (Å²) in [4.78, 5) is 17.8. The number of aryl methyl sites for hydroxylation is 1. The van der Waals surface area contributed by atoms with Gasteiger partial charge in [-0.2, -0.15) is 0 Å². The van der Waals surface area contributed by atoms with Crippen molar-refractivity contribution in [1.29, 1.82) is 0 Å². The van der Waals surface area contributed by atoms with E-state index >= 15 is 0 Å². The highest BCUT2D eigenvalue weighted by Crippen LogP contribution is 2.33. The van der Waals surface area contributed by atoms with Crippen LogP contribution >= 0.6 is 11.8 Å². The van der Waals surface area contributed by atoms with Gasteiger partial charge < -0.3 is 9.64 Å². The van der Waals surface area contributed by atoms with E-state index < -0.39 is 0 Å². The van der Waals surface area contributed by atoms with Gasteiger partial charge in [0.15, 0.2) is 5.17 Å². The monoisotopic (exact) mass is 393 g/mol. The number of hydrogen-bond acceptors (Lipinski definition) is 5. The molecule has 1 aliphatic rings. The molecule has 0 aromatic heterocycles. The molecule has 0 spiro atoms. The van der Waals surface area contributed by atoms with Crippen LogP contribution in [0.25, 0.3) is 0 Å². The molecular weight excluding hydrogens is 362 g/mol. The molecule has 2 rings (SSSR count). The van der Waals surface area contributed by atoms with E-state index in [1.165, 1.54) is 6.07 Å². The molecule has 7 heteroatoms. The van der Waals surface area contributed by atoms with Gasteiger partial charge in [0.2, 0.25) is 0 Å². The van der Waals surface area contributed by atoms with E-state index in [9.17, 15) is 10.1 Å². The van der Waals surface area contributed by atoms with E-state index in [2.05, 4.69) is 46.4 Å². The van der Waals surface area contributed by atoms with Gasteiger partial charge in [-0.15, -0.1) is 0 Å². The minimum atomic E-state index is -0.374. The van der Waals surface area contributed by atoms with Gasteiger partial charge in [0, 0.05) is 24.4 Å². The summed E-state index contributed by atoms with van der Waals surface area (Å²) < 4.78 is 6.21.